The van der Waals surface area contributed by atoms with Crippen molar-refractivity contribution in [3.8, 4) is 11.5 Å². The number of alkyl halides is 3. The van der Waals surface area contributed by atoms with Crippen molar-refractivity contribution in [2.24, 2.45) is 0 Å². The Balaban J connectivity index is 1.82. The lowest BCUT2D eigenvalue weighted by atomic mass is 9.96. The molecule has 7 nitrogen and oxygen atoms in total. The summed E-state index contributed by atoms with van der Waals surface area (Å²) in [6.07, 6.45) is -4.63. The minimum Gasteiger partial charge on any atom is -0.334 e. The molecule has 0 atom stereocenters. The number of likely N-dealkylation sites (N-methyl/N-ethyl adjacent to an activating group) is 1. The van der Waals surface area contributed by atoms with Gasteiger partial charge in [-0.1, -0.05) is 50.2 Å². The number of hydrogen-bond donors (Lipinski definition) is 1. The predicted molar refractivity (Wildman–Crippen MR) is 120 cm³/mol. The summed E-state index contributed by atoms with van der Waals surface area (Å²) in [4.78, 5) is 31.4. The Morgan fingerprint density at radius 3 is 2.29 bits per heavy atom. The Morgan fingerprint density at radius 2 is 1.68 bits per heavy atom. The second kappa shape index (κ2) is 9.66. The van der Waals surface area contributed by atoms with Crippen LogP contribution in [0.15, 0.2) is 53.1 Å². The third kappa shape index (κ3) is 5.62. The van der Waals surface area contributed by atoms with E-state index in [9.17, 15) is 22.8 Å². The molecule has 1 heterocycles. The maximum absolute atomic E-state index is 13.3. The molecule has 0 bridgehead atoms. The van der Waals surface area contributed by atoms with E-state index in [2.05, 4.69) is 15.5 Å². The Bertz CT molecular complexity index is 1180. The lowest BCUT2D eigenvalue weighted by molar-refractivity contribution is -0.137. The molecule has 3 aromatic rings. The summed E-state index contributed by atoms with van der Waals surface area (Å²) >= 11 is 0. The first-order valence-corrected chi connectivity index (χ1v) is 10.6. The van der Waals surface area contributed by atoms with Crippen molar-refractivity contribution in [3.05, 3.63) is 65.5 Å². The molecule has 0 fully saturated rings. The van der Waals surface area contributed by atoms with Crippen LogP contribution in [-0.4, -0.2) is 39.9 Å². The molecular formula is C24H25F3N4O3. The van der Waals surface area contributed by atoms with E-state index in [4.69, 9.17) is 4.52 Å². The average molecular weight is 474 g/mol. The number of benzene rings is 2. The highest BCUT2D eigenvalue weighted by Gasteiger charge is 2.34. The standard InChI is InChI=1S/C24H25F3N4O3/c1-5-31(14-19(32)28-18-13-9-8-12-17(18)24(25,26)27)21(33)16-11-7-6-10-15(16)20-29-22(30-34-20)23(2,3)4/h6-13H,5,14H2,1-4H3,(H,28,32). The molecule has 2 aromatic carbocycles. The van der Waals surface area contributed by atoms with Crippen LogP contribution in [0.3, 0.4) is 0 Å². The average Bonchev–Trinajstić information content (AvgIpc) is 3.27. The van der Waals surface area contributed by atoms with Crippen molar-refractivity contribution >= 4 is 17.5 Å². The molecule has 1 aromatic heterocycles. The highest BCUT2D eigenvalue weighted by molar-refractivity contribution is 6.03. The zero-order valence-electron chi connectivity index (χ0n) is 19.2. The summed E-state index contributed by atoms with van der Waals surface area (Å²) in [6, 6.07) is 11.3. The lowest BCUT2D eigenvalue weighted by Crippen LogP contribution is -2.38. The summed E-state index contributed by atoms with van der Waals surface area (Å²) in [6.45, 7) is 7.15. The molecule has 0 aliphatic carbocycles. The third-order valence-corrected chi connectivity index (χ3v) is 4.99. The molecular weight excluding hydrogens is 449 g/mol. The summed E-state index contributed by atoms with van der Waals surface area (Å²) in [5.41, 5.74) is -1.06. The lowest BCUT2D eigenvalue weighted by Gasteiger charge is -2.22. The number of nitrogens with zero attached hydrogens (tertiary/aromatic N) is 3. The zero-order valence-corrected chi connectivity index (χ0v) is 19.2. The van der Waals surface area contributed by atoms with E-state index < -0.39 is 30.1 Å². The Labute approximate surface area is 195 Å². The van der Waals surface area contributed by atoms with Gasteiger partial charge in [0.25, 0.3) is 11.8 Å². The minimum atomic E-state index is -4.63. The van der Waals surface area contributed by atoms with Gasteiger partial charge in [0.05, 0.1) is 22.4 Å². The molecule has 34 heavy (non-hydrogen) atoms. The van der Waals surface area contributed by atoms with Crippen LogP contribution >= 0.6 is 0 Å². The molecule has 2 amide bonds. The van der Waals surface area contributed by atoms with Crippen LogP contribution in [0.5, 0.6) is 0 Å². The number of rotatable bonds is 6. The van der Waals surface area contributed by atoms with Crippen molar-refractivity contribution < 1.29 is 27.3 Å². The first-order chi connectivity index (χ1) is 15.9. The van der Waals surface area contributed by atoms with E-state index in [1.165, 1.54) is 17.0 Å². The number of carbonyl (C=O) groups is 2. The van der Waals surface area contributed by atoms with E-state index in [0.717, 1.165) is 12.1 Å². The molecule has 3 rings (SSSR count). The van der Waals surface area contributed by atoms with Crippen molar-refractivity contribution in [1.82, 2.24) is 15.0 Å². The van der Waals surface area contributed by atoms with Gasteiger partial charge in [0.1, 0.15) is 6.54 Å². The molecule has 0 saturated carbocycles. The number of aromatic nitrogens is 2. The van der Waals surface area contributed by atoms with E-state index in [1.54, 1.807) is 31.2 Å². The maximum atomic E-state index is 13.3. The van der Waals surface area contributed by atoms with Gasteiger partial charge in [-0.2, -0.15) is 18.2 Å². The predicted octanol–water partition coefficient (Wildman–Crippen LogP) is 5.15. The van der Waals surface area contributed by atoms with Crippen LogP contribution in [0.25, 0.3) is 11.5 Å². The Hall–Kier alpha value is -3.69. The largest absolute Gasteiger partial charge is 0.418 e. The summed E-state index contributed by atoms with van der Waals surface area (Å²) in [5.74, 6) is -0.613. The second-order valence-electron chi connectivity index (χ2n) is 8.63. The van der Waals surface area contributed by atoms with E-state index >= 15 is 0 Å². The van der Waals surface area contributed by atoms with Crippen LogP contribution in [0.2, 0.25) is 0 Å². The highest BCUT2D eigenvalue weighted by Crippen LogP contribution is 2.34. The molecule has 0 spiro atoms. The van der Waals surface area contributed by atoms with Crippen LogP contribution in [0, 0.1) is 0 Å². The number of halogens is 3. The molecule has 0 radical (unpaired) electrons. The van der Waals surface area contributed by atoms with Gasteiger partial charge in [-0.05, 0) is 31.2 Å². The van der Waals surface area contributed by atoms with Gasteiger partial charge in [0.2, 0.25) is 5.91 Å². The van der Waals surface area contributed by atoms with Gasteiger partial charge in [-0.3, -0.25) is 9.59 Å². The first-order valence-electron chi connectivity index (χ1n) is 10.6. The normalized spacial score (nSPS) is 11.9. The quantitative estimate of drug-likeness (QED) is 0.534. The fourth-order valence-corrected chi connectivity index (χ4v) is 3.19. The van der Waals surface area contributed by atoms with Gasteiger partial charge in [0.15, 0.2) is 5.82 Å². The van der Waals surface area contributed by atoms with Crippen molar-refractivity contribution in [1.29, 1.82) is 0 Å². The fourth-order valence-electron chi connectivity index (χ4n) is 3.19. The van der Waals surface area contributed by atoms with Gasteiger partial charge in [-0.25, -0.2) is 0 Å². The summed E-state index contributed by atoms with van der Waals surface area (Å²) in [7, 11) is 0. The van der Waals surface area contributed by atoms with Crippen LogP contribution in [-0.2, 0) is 16.4 Å². The van der Waals surface area contributed by atoms with E-state index in [0.29, 0.717) is 11.4 Å². The van der Waals surface area contributed by atoms with Crippen LogP contribution < -0.4 is 5.32 Å². The third-order valence-electron chi connectivity index (χ3n) is 4.99. The Kier molecular flexibility index (Phi) is 7.09. The molecule has 0 unspecified atom stereocenters. The van der Waals surface area contributed by atoms with Crippen molar-refractivity contribution in [3.63, 3.8) is 0 Å². The molecule has 1 N–H and O–H groups in total. The first kappa shape index (κ1) is 24.9. The molecule has 0 aliphatic rings. The van der Waals surface area contributed by atoms with Crippen molar-refractivity contribution in [2.75, 3.05) is 18.4 Å². The van der Waals surface area contributed by atoms with Gasteiger partial charge >= 0.3 is 6.18 Å². The fraction of sp³-hybridized carbons (Fsp3) is 0.333. The minimum absolute atomic E-state index is 0.151. The van der Waals surface area contributed by atoms with Gasteiger partial charge in [-0.15, -0.1) is 0 Å². The summed E-state index contributed by atoms with van der Waals surface area (Å²) in [5, 5.41) is 6.25. The molecule has 0 aliphatic heterocycles. The number of anilines is 1. The number of nitrogens with one attached hydrogen (secondary N) is 1. The zero-order chi connectivity index (χ0) is 25.1. The van der Waals surface area contributed by atoms with E-state index in [1.807, 2.05) is 20.8 Å². The number of amides is 2. The molecule has 180 valence electrons. The maximum Gasteiger partial charge on any atom is 0.418 e. The van der Waals surface area contributed by atoms with Crippen LogP contribution in [0.4, 0.5) is 18.9 Å². The molecule has 10 heteroatoms. The smallest absolute Gasteiger partial charge is 0.334 e. The SMILES string of the molecule is CCN(CC(=O)Nc1ccccc1C(F)(F)F)C(=O)c1ccccc1-c1nc(C(C)(C)C)no1. The monoisotopic (exact) mass is 474 g/mol. The van der Waals surface area contributed by atoms with Gasteiger partial charge < -0.3 is 14.7 Å². The highest BCUT2D eigenvalue weighted by atomic mass is 19.4. The molecule has 0 saturated heterocycles. The van der Waals surface area contributed by atoms with Crippen LogP contribution in [0.1, 0.15) is 49.4 Å². The number of carbonyl (C=O) groups excluding carboxylic acids is 2. The van der Waals surface area contributed by atoms with Gasteiger partial charge in [0, 0.05) is 12.0 Å². The summed E-state index contributed by atoms with van der Waals surface area (Å²) < 4.78 is 45.0. The Morgan fingerprint density at radius 1 is 1.03 bits per heavy atom. The number of hydrogen-bond acceptors (Lipinski definition) is 5. The number of para-hydroxylation sites is 1. The van der Waals surface area contributed by atoms with Crippen molar-refractivity contribution in [2.45, 2.75) is 39.3 Å². The topological polar surface area (TPSA) is 88.3 Å². The second-order valence-corrected chi connectivity index (χ2v) is 8.63. The van der Waals surface area contributed by atoms with E-state index in [-0.39, 0.29) is 29.1 Å².